The molecule has 0 unspecified atom stereocenters. The van der Waals surface area contributed by atoms with Crippen LogP contribution in [0.25, 0.3) is 0 Å². The van der Waals surface area contributed by atoms with E-state index < -0.39 is 18.0 Å². The highest BCUT2D eigenvalue weighted by Crippen LogP contribution is 2.24. The summed E-state index contributed by atoms with van der Waals surface area (Å²) in [5.74, 6) is -1.26. The largest absolute Gasteiger partial charge is 0.452 e. The molecule has 1 atom stereocenters. The third kappa shape index (κ3) is 4.58. The van der Waals surface area contributed by atoms with Gasteiger partial charge in [-0.15, -0.1) is 22.7 Å². The Morgan fingerprint density at radius 2 is 2.00 bits per heavy atom. The number of anilines is 1. The maximum absolute atomic E-state index is 12.4. The van der Waals surface area contributed by atoms with Gasteiger partial charge in [-0.25, -0.2) is 0 Å². The summed E-state index contributed by atoms with van der Waals surface area (Å²) in [7, 11) is 0. The predicted octanol–water partition coefficient (Wildman–Crippen LogP) is 3.10. The number of piperidine rings is 1. The van der Waals surface area contributed by atoms with Crippen molar-refractivity contribution in [2.24, 2.45) is 5.92 Å². The Morgan fingerprint density at radius 1 is 1.25 bits per heavy atom. The molecule has 1 aliphatic heterocycles. The molecule has 9 heteroatoms. The number of nitrogens with zero attached hydrogens (tertiary/aromatic N) is 2. The van der Waals surface area contributed by atoms with Crippen LogP contribution in [-0.4, -0.2) is 41.9 Å². The molecule has 146 valence electrons. The minimum Gasteiger partial charge on any atom is -0.452 e. The van der Waals surface area contributed by atoms with Crippen molar-refractivity contribution in [1.82, 2.24) is 4.90 Å². The summed E-state index contributed by atoms with van der Waals surface area (Å²) < 4.78 is 5.31. The molecule has 0 bridgehead atoms. The lowest BCUT2D eigenvalue weighted by molar-refractivity contribution is -0.158. The molecule has 3 heterocycles. The summed E-state index contributed by atoms with van der Waals surface area (Å²) >= 11 is 2.64. The van der Waals surface area contributed by atoms with Crippen LogP contribution in [-0.2, 0) is 14.3 Å². The minimum absolute atomic E-state index is 0.0150. The highest BCUT2D eigenvalue weighted by atomic mass is 32.1. The van der Waals surface area contributed by atoms with Gasteiger partial charge in [0, 0.05) is 13.1 Å². The van der Waals surface area contributed by atoms with Crippen LogP contribution in [0, 0.1) is 17.2 Å². The lowest BCUT2D eigenvalue weighted by Gasteiger charge is -2.31. The number of nitrogens with one attached hydrogen (secondary N) is 1. The van der Waals surface area contributed by atoms with Crippen molar-refractivity contribution >= 4 is 45.5 Å². The summed E-state index contributed by atoms with van der Waals surface area (Å²) in [4.78, 5) is 39.4. The number of rotatable bonds is 5. The molecule has 2 aromatic heterocycles. The van der Waals surface area contributed by atoms with E-state index in [1.165, 1.54) is 29.6 Å². The zero-order valence-corrected chi connectivity index (χ0v) is 16.8. The first-order chi connectivity index (χ1) is 13.5. The molecule has 1 saturated heterocycles. The normalized spacial score (nSPS) is 15.5. The first-order valence-corrected chi connectivity index (χ1v) is 10.6. The standard InChI is InChI=1S/C19H19N3O4S2/c1-12(16(23)21-17-14(11-20)6-10-28-17)26-19(25)13-4-7-22(8-5-13)18(24)15-3-2-9-27-15/h2-3,6,9-10,12-13H,4-5,7-8H2,1H3,(H,21,23)/t12-/m0/s1. The Bertz CT molecular complexity index is 893. The Labute approximate surface area is 170 Å². The number of nitriles is 1. The fraction of sp³-hybridized carbons (Fsp3) is 0.368. The number of likely N-dealkylation sites (tertiary alicyclic amines) is 1. The summed E-state index contributed by atoms with van der Waals surface area (Å²) in [6, 6.07) is 7.23. The lowest BCUT2D eigenvalue weighted by atomic mass is 9.97. The quantitative estimate of drug-likeness (QED) is 0.754. The Hall–Kier alpha value is -2.70. The van der Waals surface area contributed by atoms with Gasteiger partial charge in [0.1, 0.15) is 11.1 Å². The van der Waals surface area contributed by atoms with Crippen LogP contribution in [0.15, 0.2) is 29.0 Å². The number of carbonyl (C=O) groups is 3. The highest BCUT2D eigenvalue weighted by molar-refractivity contribution is 7.14. The fourth-order valence-corrected chi connectivity index (χ4v) is 4.34. The van der Waals surface area contributed by atoms with E-state index in [9.17, 15) is 14.4 Å². The van der Waals surface area contributed by atoms with E-state index in [-0.39, 0.29) is 11.8 Å². The van der Waals surface area contributed by atoms with Crippen LogP contribution in [0.5, 0.6) is 0 Å². The molecule has 0 aromatic carbocycles. The van der Waals surface area contributed by atoms with Crippen LogP contribution < -0.4 is 5.32 Å². The number of amides is 2. The first kappa shape index (κ1) is 20.0. The Morgan fingerprint density at radius 3 is 2.64 bits per heavy atom. The monoisotopic (exact) mass is 417 g/mol. The molecule has 1 fully saturated rings. The van der Waals surface area contributed by atoms with Gasteiger partial charge in [-0.1, -0.05) is 6.07 Å². The molecule has 1 aliphatic rings. The number of hydrogen-bond acceptors (Lipinski definition) is 7. The maximum atomic E-state index is 12.4. The summed E-state index contributed by atoms with van der Waals surface area (Å²) in [5, 5.41) is 15.6. The summed E-state index contributed by atoms with van der Waals surface area (Å²) in [6.07, 6.45) is 0.0496. The molecule has 0 aliphatic carbocycles. The van der Waals surface area contributed by atoms with Crippen molar-refractivity contribution in [3.8, 4) is 6.07 Å². The van der Waals surface area contributed by atoms with E-state index in [1.807, 2.05) is 17.5 Å². The molecule has 28 heavy (non-hydrogen) atoms. The second-order valence-corrected chi connectivity index (χ2v) is 8.25. The molecule has 1 N–H and O–H groups in total. The lowest BCUT2D eigenvalue weighted by Crippen LogP contribution is -2.41. The number of esters is 1. The van der Waals surface area contributed by atoms with Crippen molar-refractivity contribution in [3.63, 3.8) is 0 Å². The molecular formula is C19H19N3O4S2. The van der Waals surface area contributed by atoms with E-state index in [4.69, 9.17) is 10.00 Å². The average molecular weight is 418 g/mol. The third-order valence-corrected chi connectivity index (χ3v) is 6.22. The molecule has 0 radical (unpaired) electrons. The summed E-state index contributed by atoms with van der Waals surface area (Å²) in [6.45, 7) is 2.47. The smallest absolute Gasteiger partial charge is 0.309 e. The van der Waals surface area contributed by atoms with Gasteiger partial charge < -0.3 is 15.0 Å². The van der Waals surface area contributed by atoms with Gasteiger partial charge in [0.05, 0.1) is 16.4 Å². The van der Waals surface area contributed by atoms with Crippen molar-refractivity contribution in [1.29, 1.82) is 5.26 Å². The Balaban J connectivity index is 1.48. The van der Waals surface area contributed by atoms with Gasteiger partial charge in [0.15, 0.2) is 6.10 Å². The third-order valence-electron chi connectivity index (χ3n) is 4.53. The molecule has 0 saturated carbocycles. The van der Waals surface area contributed by atoms with Crippen LogP contribution in [0.4, 0.5) is 5.00 Å². The van der Waals surface area contributed by atoms with Gasteiger partial charge in [0.2, 0.25) is 0 Å². The molecule has 2 amide bonds. The van der Waals surface area contributed by atoms with Crippen LogP contribution in [0.3, 0.4) is 0 Å². The molecular weight excluding hydrogens is 398 g/mol. The van der Waals surface area contributed by atoms with Crippen LogP contribution >= 0.6 is 22.7 Å². The van der Waals surface area contributed by atoms with Crippen molar-refractivity contribution < 1.29 is 19.1 Å². The maximum Gasteiger partial charge on any atom is 0.309 e. The molecule has 3 rings (SSSR count). The SMILES string of the molecule is C[C@H](OC(=O)C1CCN(C(=O)c2cccs2)CC1)C(=O)Nc1sccc1C#N. The number of thiophene rings is 2. The predicted molar refractivity (Wildman–Crippen MR) is 106 cm³/mol. The van der Waals surface area contributed by atoms with Crippen molar-refractivity contribution in [2.45, 2.75) is 25.9 Å². The van der Waals surface area contributed by atoms with Crippen LogP contribution in [0.2, 0.25) is 0 Å². The molecule has 7 nitrogen and oxygen atoms in total. The minimum atomic E-state index is -0.966. The van der Waals surface area contributed by atoms with E-state index in [0.29, 0.717) is 41.4 Å². The second kappa shape index (κ2) is 8.99. The van der Waals surface area contributed by atoms with E-state index >= 15 is 0 Å². The van der Waals surface area contributed by atoms with Gasteiger partial charge in [-0.05, 0) is 42.7 Å². The number of ether oxygens (including phenoxy) is 1. The highest BCUT2D eigenvalue weighted by Gasteiger charge is 2.31. The van der Waals surface area contributed by atoms with Crippen LogP contribution in [0.1, 0.15) is 35.0 Å². The number of carbonyl (C=O) groups excluding carboxylic acids is 3. The first-order valence-electron chi connectivity index (χ1n) is 8.81. The number of hydrogen-bond donors (Lipinski definition) is 1. The summed E-state index contributed by atoms with van der Waals surface area (Å²) in [5.41, 5.74) is 0.375. The fourth-order valence-electron chi connectivity index (χ4n) is 2.91. The van der Waals surface area contributed by atoms with Crippen molar-refractivity contribution in [2.75, 3.05) is 18.4 Å². The zero-order chi connectivity index (χ0) is 20.1. The average Bonchev–Trinajstić information content (AvgIpc) is 3.39. The molecule has 2 aromatic rings. The second-order valence-electron chi connectivity index (χ2n) is 6.39. The van der Waals surface area contributed by atoms with Crippen molar-refractivity contribution in [3.05, 3.63) is 39.4 Å². The van der Waals surface area contributed by atoms with Gasteiger partial charge in [-0.3, -0.25) is 14.4 Å². The van der Waals surface area contributed by atoms with Gasteiger partial charge in [0.25, 0.3) is 11.8 Å². The van der Waals surface area contributed by atoms with E-state index in [1.54, 1.807) is 22.4 Å². The van der Waals surface area contributed by atoms with E-state index in [0.717, 1.165) is 0 Å². The molecule has 0 spiro atoms. The van der Waals surface area contributed by atoms with Gasteiger partial charge >= 0.3 is 5.97 Å². The Kier molecular flexibility index (Phi) is 6.44. The van der Waals surface area contributed by atoms with Gasteiger partial charge in [-0.2, -0.15) is 5.26 Å². The topological polar surface area (TPSA) is 99.5 Å². The van der Waals surface area contributed by atoms with E-state index in [2.05, 4.69) is 5.32 Å². The zero-order valence-electron chi connectivity index (χ0n) is 15.2.